The van der Waals surface area contributed by atoms with Crippen LogP contribution in [0.5, 0.6) is 0 Å². The predicted molar refractivity (Wildman–Crippen MR) is 54.1 cm³/mol. The Hall–Kier alpha value is -1.11. The minimum Gasteiger partial charge on any atom is -0.480 e. The summed E-state index contributed by atoms with van der Waals surface area (Å²) in [6.07, 6.45) is 0. The van der Waals surface area contributed by atoms with Crippen LogP contribution < -0.4 is 5.32 Å². The van der Waals surface area contributed by atoms with Gasteiger partial charge in [-0.2, -0.15) is 0 Å². The number of sulfone groups is 1. The molecule has 7 heteroatoms. The zero-order valence-corrected chi connectivity index (χ0v) is 9.50. The third-order valence-electron chi connectivity index (χ3n) is 1.40. The highest BCUT2D eigenvalue weighted by Crippen LogP contribution is 1.92. The number of hydrogen-bond donors (Lipinski definition) is 2. The number of nitrogens with one attached hydrogen (secondary N) is 1. The molecule has 0 bridgehead atoms. The Kier molecular flexibility index (Phi) is 5.27. The maximum atomic E-state index is 11.1. The van der Waals surface area contributed by atoms with Crippen molar-refractivity contribution in [1.29, 1.82) is 0 Å². The van der Waals surface area contributed by atoms with Crippen molar-refractivity contribution in [2.75, 3.05) is 18.1 Å². The maximum absolute atomic E-state index is 11.1. The first-order chi connectivity index (χ1) is 6.73. The van der Waals surface area contributed by atoms with Crippen LogP contribution in [-0.4, -0.2) is 43.5 Å². The highest BCUT2D eigenvalue weighted by molar-refractivity contribution is 7.92. The zero-order valence-electron chi connectivity index (χ0n) is 8.69. The Morgan fingerprint density at radius 1 is 1.27 bits per heavy atom. The molecular weight excluding hydrogens is 222 g/mol. The van der Waals surface area contributed by atoms with E-state index >= 15 is 0 Å². The molecule has 0 aromatic heterocycles. The Morgan fingerprint density at radius 2 is 1.80 bits per heavy atom. The lowest BCUT2D eigenvalue weighted by atomic mass is 10.2. The number of amides is 1. The standard InChI is InChI=1S/C8H15NO5S/c1-6(2)3-9-7(10)4-15(13,14)5-8(11)12/h6H,3-5H2,1-2H3,(H,9,10)(H,11,12). The first-order valence-electron chi connectivity index (χ1n) is 4.42. The number of carbonyl (C=O) groups is 2. The molecule has 2 N–H and O–H groups in total. The number of carbonyl (C=O) groups excluding carboxylic acids is 1. The van der Waals surface area contributed by atoms with E-state index in [1.54, 1.807) is 0 Å². The third kappa shape index (κ3) is 7.92. The number of carboxylic acids is 1. The van der Waals surface area contributed by atoms with Gasteiger partial charge in [-0.3, -0.25) is 9.59 Å². The Morgan fingerprint density at radius 3 is 2.20 bits per heavy atom. The predicted octanol–water partition coefficient (Wildman–Crippen LogP) is -0.742. The summed E-state index contributed by atoms with van der Waals surface area (Å²) in [7, 11) is -3.84. The molecule has 0 atom stereocenters. The van der Waals surface area contributed by atoms with E-state index in [1.807, 2.05) is 13.8 Å². The second-order valence-corrected chi connectivity index (χ2v) is 5.69. The van der Waals surface area contributed by atoms with E-state index in [-0.39, 0.29) is 5.92 Å². The first-order valence-corrected chi connectivity index (χ1v) is 6.24. The van der Waals surface area contributed by atoms with Gasteiger partial charge >= 0.3 is 5.97 Å². The molecule has 0 aliphatic heterocycles. The Balaban J connectivity index is 4.11. The number of carboxylic acid groups (broad SMARTS) is 1. The van der Waals surface area contributed by atoms with Gasteiger partial charge in [0.2, 0.25) is 5.91 Å². The van der Waals surface area contributed by atoms with E-state index in [1.165, 1.54) is 0 Å². The van der Waals surface area contributed by atoms with Crippen molar-refractivity contribution < 1.29 is 23.1 Å². The molecule has 0 spiro atoms. The number of aliphatic carboxylic acids is 1. The van der Waals surface area contributed by atoms with E-state index in [2.05, 4.69) is 5.32 Å². The number of hydrogen-bond acceptors (Lipinski definition) is 4. The molecule has 0 aliphatic carbocycles. The molecule has 0 saturated heterocycles. The molecule has 0 heterocycles. The third-order valence-corrected chi connectivity index (χ3v) is 2.79. The van der Waals surface area contributed by atoms with Gasteiger partial charge in [-0.1, -0.05) is 13.8 Å². The number of rotatable bonds is 6. The summed E-state index contributed by atoms with van der Waals surface area (Å²) < 4.78 is 22.1. The normalized spacial score (nSPS) is 11.4. The second-order valence-electron chi connectivity index (χ2n) is 3.62. The SMILES string of the molecule is CC(C)CNC(=O)CS(=O)(=O)CC(=O)O. The van der Waals surface area contributed by atoms with Gasteiger partial charge in [0.25, 0.3) is 0 Å². The van der Waals surface area contributed by atoms with Gasteiger partial charge in [-0.15, -0.1) is 0 Å². The van der Waals surface area contributed by atoms with Gasteiger partial charge in [-0.25, -0.2) is 8.42 Å². The molecule has 0 unspecified atom stereocenters. The topological polar surface area (TPSA) is 101 Å². The largest absolute Gasteiger partial charge is 0.480 e. The van der Waals surface area contributed by atoms with E-state index in [0.717, 1.165) is 0 Å². The van der Waals surface area contributed by atoms with E-state index in [9.17, 15) is 18.0 Å². The van der Waals surface area contributed by atoms with Gasteiger partial charge < -0.3 is 10.4 Å². The van der Waals surface area contributed by atoms with Crippen LogP contribution in [0.3, 0.4) is 0 Å². The fraction of sp³-hybridized carbons (Fsp3) is 0.750. The lowest BCUT2D eigenvalue weighted by molar-refractivity contribution is -0.134. The van der Waals surface area contributed by atoms with Gasteiger partial charge in [0.05, 0.1) is 0 Å². The van der Waals surface area contributed by atoms with Crippen LogP contribution >= 0.6 is 0 Å². The van der Waals surface area contributed by atoms with Crippen LogP contribution in [-0.2, 0) is 19.4 Å². The average Bonchev–Trinajstić information content (AvgIpc) is 1.96. The molecule has 0 rings (SSSR count). The van der Waals surface area contributed by atoms with Gasteiger partial charge in [0, 0.05) is 6.54 Å². The summed E-state index contributed by atoms with van der Waals surface area (Å²) in [6, 6.07) is 0. The molecule has 0 radical (unpaired) electrons. The van der Waals surface area contributed by atoms with Gasteiger partial charge in [0.1, 0.15) is 11.5 Å². The highest BCUT2D eigenvalue weighted by Gasteiger charge is 2.19. The highest BCUT2D eigenvalue weighted by atomic mass is 32.2. The van der Waals surface area contributed by atoms with Crippen molar-refractivity contribution in [3.63, 3.8) is 0 Å². The fourth-order valence-electron chi connectivity index (χ4n) is 0.808. The Bertz CT molecular complexity index is 333. The first kappa shape index (κ1) is 13.9. The molecule has 0 aromatic carbocycles. The smallest absolute Gasteiger partial charge is 0.318 e. The molecule has 0 saturated carbocycles. The fourth-order valence-corrected chi connectivity index (χ4v) is 1.79. The van der Waals surface area contributed by atoms with Crippen molar-refractivity contribution >= 4 is 21.7 Å². The molecule has 88 valence electrons. The molecular formula is C8H15NO5S. The van der Waals surface area contributed by atoms with Crippen LogP contribution in [0.25, 0.3) is 0 Å². The van der Waals surface area contributed by atoms with Crippen molar-refractivity contribution in [2.24, 2.45) is 5.92 Å². The van der Waals surface area contributed by atoms with Crippen LogP contribution in [0.15, 0.2) is 0 Å². The van der Waals surface area contributed by atoms with Crippen molar-refractivity contribution in [3.8, 4) is 0 Å². The van der Waals surface area contributed by atoms with Crippen LogP contribution in [0.2, 0.25) is 0 Å². The molecule has 6 nitrogen and oxygen atoms in total. The minimum atomic E-state index is -3.84. The van der Waals surface area contributed by atoms with Crippen molar-refractivity contribution in [1.82, 2.24) is 5.32 Å². The second kappa shape index (κ2) is 5.69. The quantitative estimate of drug-likeness (QED) is 0.633. The summed E-state index contributed by atoms with van der Waals surface area (Å²) in [5, 5.41) is 10.7. The lowest BCUT2D eigenvalue weighted by Crippen LogP contribution is -2.34. The van der Waals surface area contributed by atoms with E-state index in [4.69, 9.17) is 5.11 Å². The van der Waals surface area contributed by atoms with Gasteiger partial charge in [-0.05, 0) is 5.92 Å². The summed E-state index contributed by atoms with van der Waals surface area (Å²) >= 11 is 0. The molecule has 0 aliphatic rings. The molecule has 0 aromatic rings. The van der Waals surface area contributed by atoms with Crippen molar-refractivity contribution in [2.45, 2.75) is 13.8 Å². The summed E-state index contributed by atoms with van der Waals surface area (Å²) in [5.74, 6) is -3.68. The summed E-state index contributed by atoms with van der Waals surface area (Å²) in [5.41, 5.74) is 0. The van der Waals surface area contributed by atoms with Gasteiger partial charge in [0.15, 0.2) is 9.84 Å². The zero-order chi connectivity index (χ0) is 12.1. The maximum Gasteiger partial charge on any atom is 0.318 e. The van der Waals surface area contributed by atoms with Crippen molar-refractivity contribution in [3.05, 3.63) is 0 Å². The van der Waals surface area contributed by atoms with E-state index in [0.29, 0.717) is 6.54 Å². The monoisotopic (exact) mass is 237 g/mol. The molecule has 0 fully saturated rings. The molecule has 15 heavy (non-hydrogen) atoms. The van der Waals surface area contributed by atoms with E-state index < -0.39 is 33.2 Å². The Labute approximate surface area is 88.6 Å². The minimum absolute atomic E-state index is 0.219. The molecule has 1 amide bonds. The summed E-state index contributed by atoms with van der Waals surface area (Å²) in [4.78, 5) is 21.2. The summed E-state index contributed by atoms with van der Waals surface area (Å²) in [6.45, 7) is 4.11. The van der Waals surface area contributed by atoms with Crippen LogP contribution in [0.4, 0.5) is 0 Å². The van der Waals surface area contributed by atoms with Crippen LogP contribution in [0.1, 0.15) is 13.8 Å². The lowest BCUT2D eigenvalue weighted by Gasteiger charge is -2.07. The van der Waals surface area contributed by atoms with Crippen LogP contribution in [0, 0.1) is 5.92 Å². The average molecular weight is 237 g/mol.